The van der Waals surface area contributed by atoms with Crippen LogP contribution < -0.4 is 14.8 Å². The molecule has 2 atom stereocenters. The lowest BCUT2D eigenvalue weighted by Gasteiger charge is -2.37. The van der Waals surface area contributed by atoms with Crippen molar-refractivity contribution in [2.75, 3.05) is 11.9 Å². The minimum atomic E-state index is -0.286. The molecule has 4 aromatic carbocycles. The first kappa shape index (κ1) is 26.8. The first-order valence-corrected chi connectivity index (χ1v) is 14.5. The van der Waals surface area contributed by atoms with Crippen molar-refractivity contribution in [3.8, 4) is 11.5 Å². The van der Waals surface area contributed by atoms with Crippen LogP contribution in [0.2, 0.25) is 0 Å². The summed E-state index contributed by atoms with van der Waals surface area (Å²) < 4.78 is 11.7. The lowest BCUT2D eigenvalue weighted by Crippen LogP contribution is -2.30. The van der Waals surface area contributed by atoms with Gasteiger partial charge in [-0.25, -0.2) is 0 Å². The molecule has 41 heavy (non-hydrogen) atoms. The van der Waals surface area contributed by atoms with Gasteiger partial charge in [0.2, 0.25) is 0 Å². The van der Waals surface area contributed by atoms with Crippen LogP contribution in [0.5, 0.6) is 11.5 Å². The van der Waals surface area contributed by atoms with E-state index in [4.69, 9.17) is 9.47 Å². The fourth-order valence-corrected chi connectivity index (χ4v) is 6.26. The first-order chi connectivity index (χ1) is 19.9. The van der Waals surface area contributed by atoms with Gasteiger partial charge < -0.3 is 14.8 Å². The molecule has 2 unspecified atom stereocenters. The predicted molar refractivity (Wildman–Crippen MR) is 163 cm³/mol. The van der Waals surface area contributed by atoms with Crippen LogP contribution in [0.15, 0.2) is 96.2 Å². The van der Waals surface area contributed by atoms with Crippen LogP contribution in [0.3, 0.4) is 0 Å². The van der Waals surface area contributed by atoms with E-state index in [0.717, 1.165) is 45.3 Å². The maximum absolute atomic E-state index is 14.1. The highest BCUT2D eigenvalue weighted by Crippen LogP contribution is 2.51. The second-order valence-electron chi connectivity index (χ2n) is 11.3. The Morgan fingerprint density at radius 3 is 2.46 bits per heavy atom. The Kier molecular flexibility index (Phi) is 7.36. The van der Waals surface area contributed by atoms with Crippen LogP contribution in [-0.4, -0.2) is 18.4 Å². The Morgan fingerprint density at radius 2 is 1.68 bits per heavy atom. The molecule has 0 saturated carbocycles. The summed E-state index contributed by atoms with van der Waals surface area (Å²) in [6.07, 6.45) is 1.55. The SMILES string of the molecule is CCOc1cc(C2C3=C(CC(c4ccccc4)CC3=O)Nc3ccc4ccccc4c32)ccc1OC(=O)CC(C)C. The number of hydrogen-bond donors (Lipinski definition) is 1. The van der Waals surface area contributed by atoms with Crippen molar-refractivity contribution in [1.82, 2.24) is 0 Å². The number of anilines is 1. The van der Waals surface area contributed by atoms with Gasteiger partial charge >= 0.3 is 5.97 Å². The Morgan fingerprint density at radius 1 is 0.902 bits per heavy atom. The van der Waals surface area contributed by atoms with Crippen molar-refractivity contribution < 1.29 is 19.1 Å². The Balaban J connectivity index is 1.49. The van der Waals surface area contributed by atoms with Gasteiger partial charge in [-0.3, -0.25) is 9.59 Å². The smallest absolute Gasteiger partial charge is 0.311 e. The quantitative estimate of drug-likeness (QED) is 0.188. The number of carbonyl (C=O) groups excluding carboxylic acids is 2. The van der Waals surface area contributed by atoms with Crippen molar-refractivity contribution in [2.45, 2.75) is 51.9 Å². The zero-order valence-electron chi connectivity index (χ0n) is 23.8. The Bertz CT molecular complexity index is 1650. The van der Waals surface area contributed by atoms with E-state index >= 15 is 0 Å². The maximum Gasteiger partial charge on any atom is 0.311 e. The van der Waals surface area contributed by atoms with Gasteiger partial charge in [0.1, 0.15) is 0 Å². The van der Waals surface area contributed by atoms with E-state index in [-0.39, 0.29) is 29.5 Å². The second-order valence-corrected chi connectivity index (χ2v) is 11.3. The molecule has 5 nitrogen and oxygen atoms in total. The molecule has 4 aromatic rings. The molecule has 1 aliphatic carbocycles. The molecule has 0 bridgehead atoms. The number of nitrogens with one attached hydrogen (secondary N) is 1. The first-order valence-electron chi connectivity index (χ1n) is 14.5. The average molecular weight is 546 g/mol. The molecule has 0 fully saturated rings. The van der Waals surface area contributed by atoms with Crippen LogP contribution in [0.1, 0.15) is 68.6 Å². The highest BCUT2D eigenvalue weighted by atomic mass is 16.6. The van der Waals surface area contributed by atoms with Gasteiger partial charge in [0.15, 0.2) is 17.3 Å². The summed E-state index contributed by atoms with van der Waals surface area (Å²) in [7, 11) is 0. The normalized spacial score (nSPS) is 18.1. The van der Waals surface area contributed by atoms with Crippen molar-refractivity contribution in [3.05, 3.63) is 113 Å². The minimum Gasteiger partial charge on any atom is -0.490 e. The fourth-order valence-electron chi connectivity index (χ4n) is 6.26. The molecular weight excluding hydrogens is 510 g/mol. The van der Waals surface area contributed by atoms with E-state index in [0.29, 0.717) is 30.9 Å². The molecule has 1 aliphatic heterocycles. The van der Waals surface area contributed by atoms with Gasteiger partial charge in [0.25, 0.3) is 0 Å². The van der Waals surface area contributed by atoms with Crippen molar-refractivity contribution in [3.63, 3.8) is 0 Å². The molecule has 208 valence electrons. The summed E-state index contributed by atoms with van der Waals surface area (Å²) in [5.41, 5.74) is 6.01. The molecular formula is C36H35NO4. The summed E-state index contributed by atoms with van der Waals surface area (Å²) in [5, 5.41) is 5.91. The summed E-state index contributed by atoms with van der Waals surface area (Å²) in [6.45, 7) is 6.31. The number of ketones is 1. The second kappa shape index (κ2) is 11.2. The molecule has 0 radical (unpaired) electrons. The van der Waals surface area contributed by atoms with Crippen molar-refractivity contribution in [1.29, 1.82) is 0 Å². The molecule has 0 aromatic heterocycles. The number of esters is 1. The van der Waals surface area contributed by atoms with Crippen LogP contribution in [-0.2, 0) is 9.59 Å². The molecule has 5 heteroatoms. The third kappa shape index (κ3) is 5.24. The van der Waals surface area contributed by atoms with Gasteiger partial charge in [-0.05, 0) is 70.8 Å². The van der Waals surface area contributed by atoms with Gasteiger partial charge in [-0.15, -0.1) is 0 Å². The number of ether oxygens (including phenoxy) is 2. The monoisotopic (exact) mass is 545 g/mol. The van der Waals surface area contributed by atoms with E-state index in [1.54, 1.807) is 0 Å². The lowest BCUT2D eigenvalue weighted by molar-refractivity contribution is -0.135. The summed E-state index contributed by atoms with van der Waals surface area (Å²) in [5.74, 6) is 0.819. The fraction of sp³-hybridized carbons (Fsp3) is 0.278. The molecule has 1 N–H and O–H groups in total. The molecule has 0 spiro atoms. The number of Topliss-reactive ketones (excluding diaryl/α,β-unsaturated/α-hetero) is 1. The van der Waals surface area contributed by atoms with E-state index < -0.39 is 0 Å². The van der Waals surface area contributed by atoms with E-state index in [1.807, 2.05) is 69.3 Å². The number of rotatable bonds is 7. The number of fused-ring (bicyclic) bond motifs is 3. The molecule has 2 aliphatic rings. The average Bonchev–Trinajstić information content (AvgIpc) is 2.97. The highest BCUT2D eigenvalue weighted by molar-refractivity contribution is 6.04. The van der Waals surface area contributed by atoms with Crippen LogP contribution >= 0.6 is 0 Å². The molecule has 1 heterocycles. The summed E-state index contributed by atoms with van der Waals surface area (Å²) >= 11 is 0. The van der Waals surface area contributed by atoms with Crippen LogP contribution in [0.4, 0.5) is 5.69 Å². The van der Waals surface area contributed by atoms with Crippen LogP contribution in [0, 0.1) is 5.92 Å². The van der Waals surface area contributed by atoms with E-state index in [1.165, 1.54) is 5.56 Å². The third-order valence-corrected chi connectivity index (χ3v) is 8.01. The van der Waals surface area contributed by atoms with Crippen LogP contribution in [0.25, 0.3) is 10.8 Å². The van der Waals surface area contributed by atoms with Gasteiger partial charge in [0.05, 0.1) is 6.61 Å². The third-order valence-electron chi connectivity index (χ3n) is 8.01. The molecule has 6 rings (SSSR count). The van der Waals surface area contributed by atoms with Gasteiger partial charge in [0, 0.05) is 35.7 Å². The van der Waals surface area contributed by atoms with E-state index in [9.17, 15) is 9.59 Å². The van der Waals surface area contributed by atoms with Crippen molar-refractivity contribution >= 4 is 28.2 Å². The largest absolute Gasteiger partial charge is 0.490 e. The lowest BCUT2D eigenvalue weighted by atomic mass is 9.71. The molecule has 0 saturated heterocycles. The van der Waals surface area contributed by atoms with Gasteiger partial charge in [-0.1, -0.05) is 80.6 Å². The summed E-state index contributed by atoms with van der Waals surface area (Å²) in [6, 6.07) is 28.6. The Labute approximate surface area is 241 Å². The number of hydrogen-bond acceptors (Lipinski definition) is 5. The van der Waals surface area contributed by atoms with Crippen molar-refractivity contribution in [2.24, 2.45) is 5.92 Å². The minimum absolute atomic E-state index is 0.124. The topological polar surface area (TPSA) is 64.6 Å². The number of carbonyl (C=O) groups is 2. The zero-order valence-corrected chi connectivity index (χ0v) is 23.8. The Hall–Kier alpha value is -4.38. The zero-order chi connectivity index (χ0) is 28.5. The van der Waals surface area contributed by atoms with E-state index in [2.05, 4.69) is 41.7 Å². The predicted octanol–water partition coefficient (Wildman–Crippen LogP) is 8.15. The molecule has 0 amide bonds. The van der Waals surface area contributed by atoms with Gasteiger partial charge in [-0.2, -0.15) is 0 Å². The standard InChI is InChI=1S/C36H35NO4/c1-4-40-32-21-25(15-17-31(32)41-33(39)18-22(2)3)34-35-27-13-9-8-12-24(27)14-16-28(35)37-29-19-26(20-30(38)36(29)34)23-10-6-5-7-11-23/h5-17,21-22,26,34,37H,4,18-20H2,1-3H3. The maximum atomic E-state index is 14.1. The number of allylic oxidation sites excluding steroid dienone is 2. The highest BCUT2D eigenvalue weighted by Gasteiger charge is 2.39. The number of benzene rings is 4. The summed E-state index contributed by atoms with van der Waals surface area (Å²) in [4.78, 5) is 26.6.